The molecule has 0 fully saturated rings. The third kappa shape index (κ3) is 3.12. The van der Waals surface area contributed by atoms with E-state index in [0.29, 0.717) is 5.92 Å². The van der Waals surface area contributed by atoms with Crippen LogP contribution >= 0.6 is 0 Å². The first-order chi connectivity index (χ1) is 11.1. The zero-order valence-electron chi connectivity index (χ0n) is 15.0. The fourth-order valence-corrected chi connectivity index (χ4v) is 3.15. The zero-order chi connectivity index (χ0) is 18.1. The largest absolute Gasteiger partial charge is 0.508 e. The van der Waals surface area contributed by atoms with E-state index in [4.69, 9.17) is 9.47 Å². The maximum atomic E-state index is 12.3. The summed E-state index contributed by atoms with van der Waals surface area (Å²) in [6, 6.07) is 0. The predicted molar refractivity (Wildman–Crippen MR) is 90.2 cm³/mol. The molecule has 132 valence electrons. The first-order valence-electron chi connectivity index (χ1n) is 8.35. The van der Waals surface area contributed by atoms with Crippen molar-refractivity contribution in [3.63, 3.8) is 0 Å². The van der Waals surface area contributed by atoms with E-state index >= 15 is 0 Å². The Bertz CT molecular complexity index is 636. The summed E-state index contributed by atoms with van der Waals surface area (Å²) in [5.41, 5.74) is -1.07. The summed E-state index contributed by atoms with van der Waals surface area (Å²) < 4.78 is 10.8. The summed E-state index contributed by atoms with van der Waals surface area (Å²) in [6.45, 7) is 9.44. The highest BCUT2D eigenvalue weighted by Gasteiger charge is 2.55. The monoisotopic (exact) mass is 334 g/mol. The quantitative estimate of drug-likeness (QED) is 0.778. The molecule has 0 radical (unpaired) electrons. The second-order valence-corrected chi connectivity index (χ2v) is 7.33. The molecule has 24 heavy (non-hydrogen) atoms. The van der Waals surface area contributed by atoms with Crippen LogP contribution in [0.3, 0.4) is 0 Å². The fraction of sp³-hybridized carbons (Fsp3) is 0.579. The molecule has 1 N–H and O–H groups in total. The number of esters is 2. The Balaban J connectivity index is 2.64. The normalized spacial score (nSPS) is 25.8. The van der Waals surface area contributed by atoms with Crippen molar-refractivity contribution in [1.82, 2.24) is 0 Å². The van der Waals surface area contributed by atoms with Crippen LogP contribution in [0.2, 0.25) is 0 Å². The zero-order valence-corrected chi connectivity index (χ0v) is 15.0. The summed E-state index contributed by atoms with van der Waals surface area (Å²) >= 11 is 0. The van der Waals surface area contributed by atoms with Crippen molar-refractivity contribution in [2.24, 2.45) is 11.3 Å². The van der Waals surface area contributed by atoms with E-state index in [-0.39, 0.29) is 24.4 Å². The third-order valence-corrected chi connectivity index (χ3v) is 4.47. The standard InChI is InChI=1S/C19H26O5/c1-6-15(21)24-19(16-14(20)11-23-17(16)22)10-13(9-12(2)3)7-8-18(19,4)5/h7-8,10,12,20H,6,9,11H2,1-5H3/t19-/m0/s1. The molecule has 1 heterocycles. The highest BCUT2D eigenvalue weighted by Crippen LogP contribution is 2.49. The van der Waals surface area contributed by atoms with E-state index in [1.807, 2.05) is 26.0 Å². The molecule has 0 aromatic carbocycles. The minimum absolute atomic E-state index is 0.0277. The number of hydrogen-bond donors (Lipinski definition) is 1. The first kappa shape index (κ1) is 18.3. The number of carbonyl (C=O) groups is 2. The van der Waals surface area contributed by atoms with Crippen molar-refractivity contribution in [2.45, 2.75) is 53.1 Å². The van der Waals surface area contributed by atoms with Crippen LogP contribution in [0.1, 0.15) is 47.5 Å². The summed E-state index contributed by atoms with van der Waals surface area (Å²) in [7, 11) is 0. The molecule has 5 nitrogen and oxygen atoms in total. The second kappa shape index (κ2) is 6.46. The molecule has 5 heteroatoms. The fourth-order valence-electron chi connectivity index (χ4n) is 3.15. The molecule has 0 saturated heterocycles. The van der Waals surface area contributed by atoms with E-state index < -0.39 is 23.0 Å². The van der Waals surface area contributed by atoms with Crippen LogP contribution in [-0.4, -0.2) is 29.3 Å². The van der Waals surface area contributed by atoms with Gasteiger partial charge in [-0.3, -0.25) is 4.79 Å². The van der Waals surface area contributed by atoms with Gasteiger partial charge in [-0.2, -0.15) is 0 Å². The molecule has 2 aliphatic rings. The highest BCUT2D eigenvalue weighted by molar-refractivity contribution is 5.95. The summed E-state index contributed by atoms with van der Waals surface area (Å²) in [5, 5.41) is 10.3. The lowest BCUT2D eigenvalue weighted by atomic mass is 9.66. The van der Waals surface area contributed by atoms with Crippen LogP contribution < -0.4 is 0 Å². The lowest BCUT2D eigenvalue weighted by molar-refractivity contribution is -0.160. The number of hydrogen-bond acceptors (Lipinski definition) is 5. The molecule has 0 unspecified atom stereocenters. The first-order valence-corrected chi connectivity index (χ1v) is 8.35. The minimum atomic E-state index is -1.36. The Hall–Kier alpha value is -2.04. The average Bonchev–Trinajstić information content (AvgIpc) is 2.81. The molecule has 0 aromatic heterocycles. The Morgan fingerprint density at radius 3 is 2.58 bits per heavy atom. The average molecular weight is 334 g/mol. The number of allylic oxidation sites excluding steroid dienone is 2. The molecule has 0 bridgehead atoms. The van der Waals surface area contributed by atoms with Gasteiger partial charge in [0.25, 0.3) is 0 Å². The van der Waals surface area contributed by atoms with E-state index in [9.17, 15) is 14.7 Å². The SMILES string of the molecule is CCC(=O)O[C@]1(C2=C(O)COC2=O)C=C(CC(C)C)C=CC1(C)C. The van der Waals surface area contributed by atoms with Crippen LogP contribution in [0, 0.1) is 11.3 Å². The lowest BCUT2D eigenvalue weighted by Gasteiger charge is -2.44. The number of rotatable bonds is 5. The van der Waals surface area contributed by atoms with Crippen LogP contribution in [0.4, 0.5) is 0 Å². The van der Waals surface area contributed by atoms with Crippen molar-refractivity contribution >= 4 is 11.9 Å². The van der Waals surface area contributed by atoms with E-state index in [0.717, 1.165) is 12.0 Å². The number of ether oxygens (including phenoxy) is 2. The van der Waals surface area contributed by atoms with Gasteiger partial charge >= 0.3 is 11.9 Å². The summed E-state index contributed by atoms with van der Waals surface area (Å²) in [4.78, 5) is 24.4. The van der Waals surface area contributed by atoms with Crippen molar-refractivity contribution in [1.29, 1.82) is 0 Å². The van der Waals surface area contributed by atoms with Gasteiger partial charge in [-0.25, -0.2) is 4.79 Å². The number of aliphatic hydroxyl groups is 1. The van der Waals surface area contributed by atoms with Crippen LogP contribution in [0.25, 0.3) is 0 Å². The van der Waals surface area contributed by atoms with Crippen LogP contribution in [-0.2, 0) is 19.1 Å². The summed E-state index contributed by atoms with van der Waals surface area (Å²) in [6.07, 6.45) is 6.69. The molecule has 0 saturated carbocycles. The highest BCUT2D eigenvalue weighted by atomic mass is 16.6. The number of aliphatic hydroxyl groups excluding tert-OH is 1. The van der Waals surface area contributed by atoms with Gasteiger partial charge < -0.3 is 14.6 Å². The van der Waals surface area contributed by atoms with Crippen molar-refractivity contribution in [2.75, 3.05) is 6.61 Å². The Morgan fingerprint density at radius 2 is 2.08 bits per heavy atom. The van der Waals surface area contributed by atoms with Gasteiger partial charge in [0, 0.05) is 11.8 Å². The van der Waals surface area contributed by atoms with Gasteiger partial charge in [-0.1, -0.05) is 46.8 Å². The van der Waals surface area contributed by atoms with Gasteiger partial charge in [0.15, 0.2) is 5.60 Å². The minimum Gasteiger partial charge on any atom is -0.508 e. The number of cyclic esters (lactones) is 1. The van der Waals surface area contributed by atoms with E-state index in [1.165, 1.54) is 0 Å². The van der Waals surface area contributed by atoms with Gasteiger partial charge in [-0.15, -0.1) is 0 Å². The Kier molecular flexibility index (Phi) is 4.92. The molecule has 0 amide bonds. The molecule has 0 spiro atoms. The topological polar surface area (TPSA) is 72.8 Å². The van der Waals surface area contributed by atoms with Gasteiger partial charge in [0.05, 0.1) is 0 Å². The van der Waals surface area contributed by atoms with E-state index in [1.54, 1.807) is 13.0 Å². The molecule has 2 rings (SSSR count). The van der Waals surface area contributed by atoms with Gasteiger partial charge in [0.1, 0.15) is 17.9 Å². The Morgan fingerprint density at radius 1 is 1.42 bits per heavy atom. The molecular weight excluding hydrogens is 308 g/mol. The third-order valence-electron chi connectivity index (χ3n) is 4.47. The molecule has 1 aliphatic carbocycles. The molecule has 0 aromatic rings. The number of carbonyl (C=O) groups excluding carboxylic acids is 2. The predicted octanol–water partition coefficient (Wildman–Crippen LogP) is 3.62. The Labute approximate surface area is 143 Å². The summed E-state index contributed by atoms with van der Waals surface area (Å²) in [5.74, 6) is -0.842. The van der Waals surface area contributed by atoms with Crippen molar-refractivity contribution < 1.29 is 24.2 Å². The maximum Gasteiger partial charge on any atom is 0.342 e. The van der Waals surface area contributed by atoms with Crippen molar-refractivity contribution in [3.05, 3.63) is 35.1 Å². The maximum absolute atomic E-state index is 12.3. The van der Waals surface area contributed by atoms with Gasteiger partial charge in [0.2, 0.25) is 0 Å². The second-order valence-electron chi connectivity index (χ2n) is 7.33. The smallest absolute Gasteiger partial charge is 0.342 e. The lowest BCUT2D eigenvalue weighted by Crippen LogP contribution is -2.50. The molecular formula is C19H26O5. The van der Waals surface area contributed by atoms with E-state index in [2.05, 4.69) is 13.8 Å². The van der Waals surface area contributed by atoms with Crippen LogP contribution in [0.5, 0.6) is 0 Å². The van der Waals surface area contributed by atoms with Crippen molar-refractivity contribution in [3.8, 4) is 0 Å². The van der Waals surface area contributed by atoms with Gasteiger partial charge in [-0.05, 0) is 24.0 Å². The molecule has 1 atom stereocenters. The van der Waals surface area contributed by atoms with Crippen LogP contribution in [0.15, 0.2) is 35.1 Å². The molecule has 1 aliphatic heterocycles.